The number of aliphatic carboxylic acids is 1. The summed E-state index contributed by atoms with van der Waals surface area (Å²) in [6.45, 7) is 6.39. The largest absolute Gasteiger partial charge is 0.503 e. The van der Waals surface area contributed by atoms with Crippen LogP contribution in [0.5, 0.6) is 0 Å². The molecule has 2 unspecified atom stereocenters. The van der Waals surface area contributed by atoms with E-state index in [-0.39, 0.29) is 11.6 Å². The fourth-order valence-electron chi connectivity index (χ4n) is 2.86. The molecule has 0 spiro atoms. The maximum absolute atomic E-state index is 9.00. The molecule has 2 atom stereocenters. The summed E-state index contributed by atoms with van der Waals surface area (Å²) in [5.74, 6) is -0.833. The van der Waals surface area contributed by atoms with Crippen LogP contribution in [0, 0.1) is 0 Å². The Morgan fingerprint density at radius 1 is 1.22 bits per heavy atom. The van der Waals surface area contributed by atoms with Gasteiger partial charge < -0.3 is 29.4 Å². The first-order chi connectivity index (χ1) is 12.9. The van der Waals surface area contributed by atoms with Crippen LogP contribution >= 0.6 is 0 Å². The Kier molecular flexibility index (Phi) is 13.7. The molecule has 0 fully saturated rings. The highest BCUT2D eigenvalue weighted by atomic mass is 28.4. The molecule has 0 aromatic heterocycles. The van der Waals surface area contributed by atoms with E-state index in [1.165, 1.54) is 5.56 Å². The minimum atomic E-state index is -2.68. The van der Waals surface area contributed by atoms with Crippen molar-refractivity contribution in [2.75, 3.05) is 34.4 Å². The van der Waals surface area contributed by atoms with Crippen molar-refractivity contribution in [2.45, 2.75) is 31.3 Å². The number of hydrogen-bond acceptors (Lipinski definition) is 6. The van der Waals surface area contributed by atoms with Crippen LogP contribution < -0.4 is 11.1 Å². The topological polar surface area (TPSA) is 103 Å². The molecular weight excluding hydrogens is 364 g/mol. The fraction of sp³-hybridized carbons (Fsp3) is 0.526. The van der Waals surface area contributed by atoms with Crippen molar-refractivity contribution in [3.05, 3.63) is 48.6 Å². The molecule has 0 aliphatic heterocycles. The highest BCUT2D eigenvalue weighted by Gasteiger charge is 2.46. The van der Waals surface area contributed by atoms with E-state index < -0.39 is 14.8 Å². The Hall–Kier alpha value is -1.55. The molecule has 1 rings (SSSR count). The van der Waals surface area contributed by atoms with E-state index in [0.29, 0.717) is 6.54 Å². The standard InChI is InChI=1S/C17H30N2O3Si.C2H4O2/c1-5-17(15-9-7-6-8-10-15)19-14-12-16(11-13-18)23(20-2,21-3)22-4;1-2(3)4/h5-10,16-17,19H,1,11-14,18H2,2-4H3;1H3,(H,3,4). The summed E-state index contributed by atoms with van der Waals surface area (Å²) in [6, 6.07) is 10.4. The summed E-state index contributed by atoms with van der Waals surface area (Å²) in [5.41, 5.74) is 7.13. The number of nitrogens with one attached hydrogen (secondary N) is 1. The first-order valence-electron chi connectivity index (χ1n) is 8.86. The van der Waals surface area contributed by atoms with Gasteiger partial charge in [-0.05, 0) is 31.5 Å². The van der Waals surface area contributed by atoms with Crippen molar-refractivity contribution in [1.82, 2.24) is 5.32 Å². The zero-order chi connectivity index (χ0) is 20.7. The normalized spacial score (nSPS) is 13.2. The third-order valence-electron chi connectivity index (χ3n) is 4.12. The lowest BCUT2D eigenvalue weighted by Crippen LogP contribution is -2.49. The van der Waals surface area contributed by atoms with Crippen molar-refractivity contribution < 1.29 is 23.2 Å². The monoisotopic (exact) mass is 398 g/mol. The van der Waals surface area contributed by atoms with Crippen molar-refractivity contribution in [3.8, 4) is 0 Å². The van der Waals surface area contributed by atoms with Crippen LogP contribution in [0.15, 0.2) is 43.0 Å². The van der Waals surface area contributed by atoms with Crippen molar-refractivity contribution >= 4 is 14.8 Å². The van der Waals surface area contributed by atoms with Crippen LogP contribution in [0.3, 0.4) is 0 Å². The molecular formula is C19H34N2O5Si. The zero-order valence-corrected chi connectivity index (χ0v) is 17.8. The lowest BCUT2D eigenvalue weighted by molar-refractivity contribution is -0.134. The quantitative estimate of drug-likeness (QED) is 0.367. The molecule has 4 N–H and O–H groups in total. The lowest BCUT2D eigenvalue weighted by atomic mass is 10.1. The lowest BCUT2D eigenvalue weighted by Gasteiger charge is -2.32. The average Bonchev–Trinajstić information content (AvgIpc) is 2.67. The van der Waals surface area contributed by atoms with Gasteiger partial charge in [0.25, 0.3) is 5.97 Å². The predicted octanol–water partition coefficient (Wildman–Crippen LogP) is 2.58. The third kappa shape index (κ3) is 9.27. The molecule has 0 aliphatic rings. The summed E-state index contributed by atoms with van der Waals surface area (Å²) in [7, 11) is 2.26. The molecule has 0 heterocycles. The molecule has 154 valence electrons. The van der Waals surface area contributed by atoms with Gasteiger partial charge in [-0.1, -0.05) is 36.4 Å². The summed E-state index contributed by atoms with van der Waals surface area (Å²) in [6.07, 6.45) is 3.60. The molecule has 0 bridgehead atoms. The van der Waals surface area contributed by atoms with Gasteiger partial charge in [0, 0.05) is 33.8 Å². The smallest absolute Gasteiger partial charge is 0.481 e. The molecule has 0 aliphatic carbocycles. The van der Waals surface area contributed by atoms with Crippen LogP contribution in [0.4, 0.5) is 0 Å². The molecule has 27 heavy (non-hydrogen) atoms. The number of nitrogens with two attached hydrogens (primary N) is 1. The Bertz CT molecular complexity index is 514. The fourth-order valence-corrected chi connectivity index (χ4v) is 5.38. The van der Waals surface area contributed by atoms with Crippen molar-refractivity contribution in [3.63, 3.8) is 0 Å². The second-order valence-corrected chi connectivity index (χ2v) is 9.12. The van der Waals surface area contributed by atoms with Gasteiger partial charge in [0.15, 0.2) is 0 Å². The van der Waals surface area contributed by atoms with Crippen LogP contribution in [0.1, 0.15) is 31.4 Å². The highest BCUT2D eigenvalue weighted by molar-refractivity contribution is 6.62. The maximum atomic E-state index is 9.00. The van der Waals surface area contributed by atoms with Gasteiger partial charge in [-0.2, -0.15) is 0 Å². The predicted molar refractivity (Wildman–Crippen MR) is 110 cm³/mol. The minimum absolute atomic E-state index is 0.124. The second-order valence-electron chi connectivity index (χ2n) is 5.88. The summed E-state index contributed by atoms with van der Waals surface area (Å²) in [4.78, 5) is 9.00. The van der Waals surface area contributed by atoms with Gasteiger partial charge in [-0.3, -0.25) is 4.79 Å². The molecule has 0 saturated carbocycles. The summed E-state index contributed by atoms with van der Waals surface area (Å²) < 4.78 is 16.8. The van der Waals surface area contributed by atoms with E-state index in [0.717, 1.165) is 26.3 Å². The van der Waals surface area contributed by atoms with Crippen LogP contribution in [0.2, 0.25) is 5.54 Å². The molecule has 7 nitrogen and oxygen atoms in total. The third-order valence-corrected chi connectivity index (χ3v) is 7.40. The van der Waals surface area contributed by atoms with Gasteiger partial charge in [-0.15, -0.1) is 6.58 Å². The first kappa shape index (κ1) is 25.4. The first-order valence-corrected chi connectivity index (χ1v) is 10.7. The Morgan fingerprint density at radius 3 is 2.15 bits per heavy atom. The van der Waals surface area contributed by atoms with E-state index in [2.05, 4.69) is 24.0 Å². The zero-order valence-electron chi connectivity index (χ0n) is 16.8. The van der Waals surface area contributed by atoms with Gasteiger partial charge >= 0.3 is 8.80 Å². The number of carbonyl (C=O) groups is 1. The van der Waals surface area contributed by atoms with Gasteiger partial charge in [0.1, 0.15) is 0 Å². The molecule has 1 aromatic carbocycles. The van der Waals surface area contributed by atoms with E-state index in [1.807, 2.05) is 24.3 Å². The number of hydrogen-bond donors (Lipinski definition) is 3. The van der Waals surface area contributed by atoms with E-state index >= 15 is 0 Å². The Morgan fingerprint density at radius 2 is 1.74 bits per heavy atom. The van der Waals surface area contributed by atoms with Crippen LogP contribution in [-0.4, -0.2) is 54.3 Å². The SMILES string of the molecule is C=CC(NCCC(CCN)[Si](OC)(OC)OC)c1ccccc1.CC(=O)O. The molecule has 8 heteroatoms. The van der Waals surface area contributed by atoms with Crippen molar-refractivity contribution in [2.24, 2.45) is 5.73 Å². The van der Waals surface area contributed by atoms with E-state index in [9.17, 15) is 0 Å². The number of benzene rings is 1. The average molecular weight is 399 g/mol. The van der Waals surface area contributed by atoms with Gasteiger partial charge in [0.05, 0.1) is 6.04 Å². The molecule has 0 amide bonds. The maximum Gasteiger partial charge on any atom is 0.503 e. The second kappa shape index (κ2) is 14.5. The summed E-state index contributed by atoms with van der Waals surface area (Å²) >= 11 is 0. The van der Waals surface area contributed by atoms with E-state index in [4.69, 9.17) is 28.9 Å². The van der Waals surface area contributed by atoms with E-state index in [1.54, 1.807) is 21.3 Å². The number of carboxylic acids is 1. The highest BCUT2D eigenvalue weighted by Crippen LogP contribution is 2.30. The Balaban J connectivity index is 0.00000153. The van der Waals surface area contributed by atoms with Crippen LogP contribution in [0.25, 0.3) is 0 Å². The van der Waals surface area contributed by atoms with Gasteiger partial charge in [-0.25, -0.2) is 0 Å². The Labute approximate surface area is 163 Å². The van der Waals surface area contributed by atoms with Crippen LogP contribution in [-0.2, 0) is 18.1 Å². The van der Waals surface area contributed by atoms with Gasteiger partial charge in [0.2, 0.25) is 0 Å². The number of carboxylic acid groups (broad SMARTS) is 1. The minimum Gasteiger partial charge on any atom is -0.481 e. The summed E-state index contributed by atoms with van der Waals surface area (Å²) in [5, 5.41) is 10.9. The molecule has 0 radical (unpaired) electrons. The number of rotatable bonds is 12. The van der Waals surface area contributed by atoms with Crippen molar-refractivity contribution in [1.29, 1.82) is 0 Å². The molecule has 1 aromatic rings. The molecule has 0 saturated heterocycles.